The van der Waals surface area contributed by atoms with Gasteiger partial charge in [-0.15, -0.1) is 0 Å². The zero-order valence-electron chi connectivity index (χ0n) is 17.8. The molecule has 1 aliphatic heterocycles. The lowest BCUT2D eigenvalue weighted by Gasteiger charge is -2.38. The number of sulfonamides is 1. The highest BCUT2D eigenvalue weighted by Gasteiger charge is 2.28. The van der Waals surface area contributed by atoms with Crippen molar-refractivity contribution in [3.8, 4) is 0 Å². The number of halogens is 1. The SMILES string of the molecule is CCNC(=NCCCN(C)S(=O)(=O)CC)N1CC(C)OC(c2ccc(F)cc2)C1. The molecule has 0 saturated carbocycles. The fourth-order valence-corrected chi connectivity index (χ4v) is 4.10. The molecule has 2 unspecified atom stereocenters. The van der Waals surface area contributed by atoms with Gasteiger partial charge in [0.05, 0.1) is 18.4 Å². The summed E-state index contributed by atoms with van der Waals surface area (Å²) in [5.41, 5.74) is 0.935. The summed E-state index contributed by atoms with van der Waals surface area (Å²) >= 11 is 0. The zero-order chi connectivity index (χ0) is 21.4. The fourth-order valence-electron chi connectivity index (χ4n) is 3.25. The van der Waals surface area contributed by atoms with Crippen LogP contribution in [-0.4, -0.2) is 75.2 Å². The number of benzene rings is 1. The number of nitrogens with zero attached hydrogens (tertiary/aromatic N) is 3. The highest BCUT2D eigenvalue weighted by atomic mass is 32.2. The van der Waals surface area contributed by atoms with Gasteiger partial charge in [0.15, 0.2) is 5.96 Å². The standard InChI is InChI=1S/C20H33FN4O3S/c1-5-22-20(23-12-7-13-24(4)29(26,27)6-2)25-14-16(3)28-19(15-25)17-8-10-18(21)11-9-17/h8-11,16,19H,5-7,12-15H2,1-4H3,(H,22,23). The van der Waals surface area contributed by atoms with Crippen LogP contribution in [0.15, 0.2) is 29.3 Å². The Morgan fingerprint density at radius 1 is 1.31 bits per heavy atom. The van der Waals surface area contributed by atoms with E-state index in [0.717, 1.165) is 18.1 Å². The second-order valence-corrected chi connectivity index (χ2v) is 9.57. The molecule has 1 heterocycles. The number of morpholine rings is 1. The first-order valence-electron chi connectivity index (χ1n) is 10.1. The van der Waals surface area contributed by atoms with E-state index in [9.17, 15) is 12.8 Å². The van der Waals surface area contributed by atoms with Crippen LogP contribution in [0.2, 0.25) is 0 Å². The fraction of sp³-hybridized carbons (Fsp3) is 0.650. The smallest absolute Gasteiger partial charge is 0.213 e. The summed E-state index contributed by atoms with van der Waals surface area (Å²) in [5, 5.41) is 3.31. The van der Waals surface area contributed by atoms with E-state index < -0.39 is 10.0 Å². The van der Waals surface area contributed by atoms with Gasteiger partial charge in [0.25, 0.3) is 0 Å². The van der Waals surface area contributed by atoms with Crippen LogP contribution in [0.25, 0.3) is 0 Å². The molecule has 0 spiro atoms. The van der Waals surface area contributed by atoms with E-state index in [1.165, 1.54) is 16.4 Å². The molecule has 2 rings (SSSR count). The Morgan fingerprint density at radius 2 is 2.00 bits per heavy atom. The molecular weight excluding hydrogens is 395 g/mol. The molecule has 1 fully saturated rings. The van der Waals surface area contributed by atoms with Gasteiger partial charge in [0.1, 0.15) is 11.9 Å². The van der Waals surface area contributed by atoms with Crippen LogP contribution in [0.3, 0.4) is 0 Å². The normalized spacial score (nSPS) is 20.9. The Bertz CT molecular complexity index is 770. The third kappa shape index (κ3) is 6.94. The highest BCUT2D eigenvalue weighted by Crippen LogP contribution is 2.25. The minimum absolute atomic E-state index is 0.00323. The lowest BCUT2D eigenvalue weighted by atomic mass is 10.1. The third-order valence-electron chi connectivity index (χ3n) is 4.87. The van der Waals surface area contributed by atoms with Gasteiger partial charge in [0.2, 0.25) is 10.0 Å². The number of hydrogen-bond donors (Lipinski definition) is 1. The van der Waals surface area contributed by atoms with Crippen LogP contribution in [0.5, 0.6) is 0 Å². The molecular formula is C20H33FN4O3S. The van der Waals surface area contributed by atoms with Crippen molar-refractivity contribution in [3.05, 3.63) is 35.6 Å². The maximum Gasteiger partial charge on any atom is 0.213 e. The molecule has 7 nitrogen and oxygen atoms in total. The van der Waals surface area contributed by atoms with Gasteiger partial charge in [-0.3, -0.25) is 4.99 Å². The van der Waals surface area contributed by atoms with Gasteiger partial charge >= 0.3 is 0 Å². The van der Waals surface area contributed by atoms with Crippen molar-refractivity contribution in [2.75, 3.05) is 45.5 Å². The molecule has 0 bridgehead atoms. The van der Waals surface area contributed by atoms with Crippen molar-refractivity contribution in [2.24, 2.45) is 4.99 Å². The molecule has 0 aliphatic carbocycles. The summed E-state index contributed by atoms with van der Waals surface area (Å²) in [6.45, 7) is 8.69. The van der Waals surface area contributed by atoms with Crippen LogP contribution in [0.1, 0.15) is 38.9 Å². The average Bonchev–Trinajstić information content (AvgIpc) is 2.70. The van der Waals surface area contributed by atoms with Gasteiger partial charge in [-0.25, -0.2) is 17.1 Å². The first kappa shape index (κ1) is 23.6. The Morgan fingerprint density at radius 3 is 2.62 bits per heavy atom. The molecule has 0 amide bonds. The van der Waals surface area contributed by atoms with Gasteiger partial charge in [-0.05, 0) is 44.9 Å². The van der Waals surface area contributed by atoms with Gasteiger partial charge in [0, 0.05) is 33.2 Å². The summed E-state index contributed by atoms with van der Waals surface area (Å²) in [6.07, 6.45) is 0.485. The second-order valence-electron chi connectivity index (χ2n) is 7.20. The van der Waals surface area contributed by atoms with E-state index in [-0.39, 0.29) is 23.8 Å². The van der Waals surface area contributed by atoms with E-state index in [0.29, 0.717) is 32.6 Å². The largest absolute Gasteiger partial charge is 0.367 e. The van der Waals surface area contributed by atoms with E-state index in [1.54, 1.807) is 26.1 Å². The summed E-state index contributed by atoms with van der Waals surface area (Å²) in [5.74, 6) is 0.626. The lowest BCUT2D eigenvalue weighted by Crippen LogP contribution is -2.50. The first-order valence-corrected chi connectivity index (χ1v) is 11.8. The summed E-state index contributed by atoms with van der Waals surface area (Å²) in [4.78, 5) is 6.84. The predicted octanol–water partition coefficient (Wildman–Crippen LogP) is 2.22. The van der Waals surface area contributed by atoms with Crippen molar-refractivity contribution in [1.82, 2.24) is 14.5 Å². The predicted molar refractivity (Wildman–Crippen MR) is 114 cm³/mol. The lowest BCUT2D eigenvalue weighted by molar-refractivity contribution is -0.0605. The van der Waals surface area contributed by atoms with Crippen LogP contribution >= 0.6 is 0 Å². The second kappa shape index (κ2) is 10.9. The molecule has 0 radical (unpaired) electrons. The van der Waals surface area contributed by atoms with Crippen molar-refractivity contribution >= 4 is 16.0 Å². The van der Waals surface area contributed by atoms with Crippen LogP contribution in [0.4, 0.5) is 4.39 Å². The van der Waals surface area contributed by atoms with E-state index in [1.807, 2.05) is 13.8 Å². The van der Waals surface area contributed by atoms with Gasteiger partial charge in [-0.2, -0.15) is 0 Å². The Hall–Kier alpha value is -1.71. The monoisotopic (exact) mass is 428 g/mol. The summed E-state index contributed by atoms with van der Waals surface area (Å²) < 4.78 is 44.4. The van der Waals surface area contributed by atoms with Crippen LogP contribution in [0, 0.1) is 5.82 Å². The number of rotatable bonds is 8. The molecule has 1 N–H and O–H groups in total. The zero-order valence-corrected chi connectivity index (χ0v) is 18.6. The minimum atomic E-state index is -3.16. The number of nitrogens with one attached hydrogen (secondary N) is 1. The number of hydrogen-bond acceptors (Lipinski definition) is 4. The first-order chi connectivity index (χ1) is 13.8. The van der Waals surface area contributed by atoms with E-state index in [4.69, 9.17) is 4.74 Å². The quantitative estimate of drug-likeness (QED) is 0.390. The molecule has 164 valence electrons. The van der Waals surface area contributed by atoms with E-state index in [2.05, 4.69) is 15.2 Å². The van der Waals surface area contributed by atoms with Crippen molar-refractivity contribution in [3.63, 3.8) is 0 Å². The molecule has 29 heavy (non-hydrogen) atoms. The molecule has 0 aromatic heterocycles. The molecule has 9 heteroatoms. The molecule has 1 aliphatic rings. The van der Waals surface area contributed by atoms with Crippen molar-refractivity contribution in [2.45, 2.75) is 39.4 Å². The van der Waals surface area contributed by atoms with Crippen LogP contribution < -0.4 is 5.32 Å². The van der Waals surface area contributed by atoms with Gasteiger partial charge < -0.3 is 15.0 Å². The minimum Gasteiger partial charge on any atom is -0.367 e. The number of ether oxygens (including phenoxy) is 1. The average molecular weight is 429 g/mol. The van der Waals surface area contributed by atoms with Crippen molar-refractivity contribution in [1.29, 1.82) is 0 Å². The maximum atomic E-state index is 13.2. The van der Waals surface area contributed by atoms with Crippen molar-refractivity contribution < 1.29 is 17.5 Å². The molecule has 2 atom stereocenters. The maximum absolute atomic E-state index is 13.2. The molecule has 1 aromatic rings. The Kier molecular flexibility index (Phi) is 8.85. The number of guanidine groups is 1. The summed E-state index contributed by atoms with van der Waals surface area (Å²) in [6, 6.07) is 6.40. The molecule has 1 aromatic carbocycles. The van der Waals surface area contributed by atoms with Gasteiger partial charge in [-0.1, -0.05) is 12.1 Å². The number of aliphatic imine (C=N–C) groups is 1. The van der Waals surface area contributed by atoms with E-state index >= 15 is 0 Å². The summed E-state index contributed by atoms with van der Waals surface area (Å²) in [7, 11) is -1.56. The third-order valence-corrected chi connectivity index (χ3v) is 6.73. The topological polar surface area (TPSA) is 74.2 Å². The molecule has 1 saturated heterocycles. The Balaban J connectivity index is 2.02. The highest BCUT2D eigenvalue weighted by molar-refractivity contribution is 7.89. The Labute approximate surface area is 174 Å². The van der Waals surface area contributed by atoms with Crippen LogP contribution in [-0.2, 0) is 14.8 Å².